The van der Waals surface area contributed by atoms with E-state index in [9.17, 15) is 12.8 Å². The number of halogens is 2. The zero-order valence-electron chi connectivity index (χ0n) is 21.4. The first-order valence-electron chi connectivity index (χ1n) is 12.2. The van der Waals surface area contributed by atoms with Crippen molar-refractivity contribution in [2.75, 3.05) is 23.9 Å². The van der Waals surface area contributed by atoms with E-state index < -0.39 is 27.1 Å². The molecule has 208 valence electrons. The summed E-state index contributed by atoms with van der Waals surface area (Å²) in [5.74, 6) is -1.10. The van der Waals surface area contributed by atoms with Crippen molar-refractivity contribution >= 4 is 33.2 Å². The van der Waals surface area contributed by atoms with Gasteiger partial charge in [0.15, 0.2) is 17.2 Å². The van der Waals surface area contributed by atoms with E-state index in [0.717, 1.165) is 5.01 Å². The molecule has 4 aromatic rings. The Kier molecular flexibility index (Phi) is 7.90. The molecule has 2 aromatic heterocycles. The first kappa shape index (κ1) is 27.8. The summed E-state index contributed by atoms with van der Waals surface area (Å²) in [6.07, 6.45) is 4.22. The van der Waals surface area contributed by atoms with Crippen LogP contribution in [0.4, 0.5) is 14.5 Å². The van der Waals surface area contributed by atoms with E-state index in [1.54, 1.807) is 30.5 Å². The second-order valence-corrected chi connectivity index (χ2v) is 12.5. The molecule has 0 saturated carbocycles. The number of nitrogens with one attached hydrogen (secondary N) is 2. The van der Waals surface area contributed by atoms with Crippen molar-refractivity contribution in [3.05, 3.63) is 93.4 Å². The van der Waals surface area contributed by atoms with Crippen LogP contribution in [0.15, 0.2) is 65.1 Å². The number of rotatable bonds is 10. The van der Waals surface area contributed by atoms with E-state index in [1.165, 1.54) is 48.2 Å². The monoisotopic (exact) mass is 584 g/mol. The van der Waals surface area contributed by atoms with Gasteiger partial charge in [0, 0.05) is 35.9 Å². The number of aromatic nitrogens is 2. The molecule has 40 heavy (non-hydrogen) atoms. The minimum absolute atomic E-state index is 0.0394. The summed E-state index contributed by atoms with van der Waals surface area (Å²) in [4.78, 5) is 13.6. The molecule has 0 radical (unpaired) electrons. The van der Waals surface area contributed by atoms with Gasteiger partial charge in [0.2, 0.25) is 0 Å². The Bertz CT molecular complexity index is 1680. The summed E-state index contributed by atoms with van der Waals surface area (Å²) in [6.45, 7) is 0.659. The van der Waals surface area contributed by atoms with Gasteiger partial charge in [-0.1, -0.05) is 24.3 Å². The third-order valence-corrected chi connectivity index (χ3v) is 7.99. The van der Waals surface area contributed by atoms with Crippen molar-refractivity contribution < 1.29 is 21.9 Å². The van der Waals surface area contributed by atoms with Crippen LogP contribution in [0.2, 0.25) is 0 Å². The number of pyridine rings is 1. The number of nitrogens with two attached hydrogens (primary N) is 1. The fraction of sp³-hybridized carbons (Fsp3) is 0.222. The standard InChI is InChI=1S/C27H26F2N6O3S2/c1-40(36,37)9-8-31-13-25-35-24(15-39-25)22-11-20-23(12-32-22)33-16-34-27(20,30)19-6-3-7-21(29)26(19)38-14-17-4-2-5-18(28)10-17/h2-7,10-12,15-16,31H,8-9,13-14,30H2,1H3,(H,33,34). The van der Waals surface area contributed by atoms with Crippen molar-refractivity contribution in [2.24, 2.45) is 10.7 Å². The molecule has 0 amide bonds. The first-order chi connectivity index (χ1) is 19.1. The van der Waals surface area contributed by atoms with Crippen molar-refractivity contribution in [1.29, 1.82) is 0 Å². The Labute approximate surface area is 234 Å². The zero-order chi connectivity index (χ0) is 28.3. The minimum atomic E-state index is -3.05. The molecule has 0 bridgehead atoms. The number of thiazole rings is 1. The smallest absolute Gasteiger partial charge is 0.167 e. The van der Waals surface area contributed by atoms with Crippen molar-refractivity contribution in [3.63, 3.8) is 0 Å². The lowest BCUT2D eigenvalue weighted by atomic mass is 9.89. The number of nitrogens with zero attached hydrogens (tertiary/aromatic N) is 3. The van der Waals surface area contributed by atoms with E-state index >= 15 is 4.39 Å². The molecule has 0 spiro atoms. The maximum Gasteiger partial charge on any atom is 0.167 e. The van der Waals surface area contributed by atoms with Gasteiger partial charge in [-0.05, 0) is 29.8 Å². The molecule has 0 saturated heterocycles. The van der Waals surface area contributed by atoms with Gasteiger partial charge in [-0.25, -0.2) is 27.2 Å². The molecule has 13 heteroatoms. The Morgan fingerprint density at radius 2 is 1.95 bits per heavy atom. The lowest BCUT2D eigenvalue weighted by molar-refractivity contribution is 0.281. The van der Waals surface area contributed by atoms with Crippen LogP contribution in [-0.4, -0.2) is 43.3 Å². The maximum atomic E-state index is 15.1. The summed E-state index contributed by atoms with van der Waals surface area (Å²) in [7, 11) is -3.05. The first-order valence-corrected chi connectivity index (χ1v) is 15.2. The predicted molar refractivity (Wildman–Crippen MR) is 151 cm³/mol. The van der Waals surface area contributed by atoms with E-state index in [-0.39, 0.29) is 23.7 Å². The van der Waals surface area contributed by atoms with Crippen molar-refractivity contribution in [3.8, 4) is 17.1 Å². The van der Waals surface area contributed by atoms with Gasteiger partial charge in [0.25, 0.3) is 0 Å². The molecule has 0 aliphatic carbocycles. The summed E-state index contributed by atoms with van der Waals surface area (Å²) in [5.41, 5.74) is 8.42. The normalized spacial score (nSPS) is 16.4. The molecule has 1 atom stereocenters. The Morgan fingerprint density at radius 3 is 2.75 bits per heavy atom. The van der Waals surface area contributed by atoms with Gasteiger partial charge >= 0.3 is 0 Å². The quantitative estimate of drug-likeness (QED) is 0.240. The van der Waals surface area contributed by atoms with E-state index in [2.05, 4.69) is 25.6 Å². The van der Waals surface area contributed by atoms with Gasteiger partial charge in [-0.2, -0.15) is 0 Å². The van der Waals surface area contributed by atoms with Crippen molar-refractivity contribution in [1.82, 2.24) is 15.3 Å². The Balaban J connectivity index is 1.43. The van der Waals surface area contributed by atoms with Gasteiger partial charge in [0.1, 0.15) is 27.3 Å². The van der Waals surface area contributed by atoms with Crippen LogP contribution in [0.1, 0.15) is 21.7 Å². The molecule has 9 nitrogen and oxygen atoms in total. The number of benzene rings is 2. The zero-order valence-corrected chi connectivity index (χ0v) is 23.0. The second-order valence-electron chi connectivity index (χ2n) is 9.25. The third-order valence-electron chi connectivity index (χ3n) is 6.19. The number of sulfone groups is 1. The van der Waals surface area contributed by atoms with Crippen LogP contribution in [0, 0.1) is 11.6 Å². The summed E-state index contributed by atoms with van der Waals surface area (Å²) >= 11 is 1.41. The highest BCUT2D eigenvalue weighted by Crippen LogP contribution is 2.42. The highest BCUT2D eigenvalue weighted by Gasteiger charge is 2.37. The third kappa shape index (κ3) is 6.17. The molecule has 2 aromatic carbocycles. The van der Waals surface area contributed by atoms with Crippen LogP contribution in [0.5, 0.6) is 5.75 Å². The second kappa shape index (κ2) is 11.4. The van der Waals surface area contributed by atoms with Crippen LogP contribution in [0.3, 0.4) is 0 Å². The molecule has 1 unspecified atom stereocenters. The minimum Gasteiger partial charge on any atom is -0.485 e. The average Bonchev–Trinajstić information content (AvgIpc) is 3.39. The highest BCUT2D eigenvalue weighted by atomic mass is 32.2. The molecular formula is C27H26F2N6O3S2. The number of anilines is 1. The fourth-order valence-corrected chi connectivity index (χ4v) is 5.49. The highest BCUT2D eigenvalue weighted by molar-refractivity contribution is 7.90. The predicted octanol–water partition coefficient (Wildman–Crippen LogP) is 3.81. The van der Waals surface area contributed by atoms with Crippen molar-refractivity contribution in [2.45, 2.75) is 18.8 Å². The van der Waals surface area contributed by atoms with Crippen LogP contribution < -0.4 is 21.1 Å². The van der Waals surface area contributed by atoms with Crippen LogP contribution >= 0.6 is 11.3 Å². The van der Waals surface area contributed by atoms with Gasteiger partial charge in [-0.15, -0.1) is 11.3 Å². The molecule has 4 N–H and O–H groups in total. The number of fused-ring (bicyclic) bond motifs is 1. The number of hydrogen-bond donors (Lipinski definition) is 3. The topological polar surface area (TPSA) is 132 Å². The van der Waals surface area contributed by atoms with Gasteiger partial charge < -0.3 is 15.4 Å². The average molecular weight is 585 g/mol. The largest absolute Gasteiger partial charge is 0.485 e. The molecule has 3 heterocycles. The van der Waals surface area contributed by atoms with E-state index in [1.807, 2.05) is 5.38 Å². The lowest BCUT2D eigenvalue weighted by Gasteiger charge is -2.32. The Morgan fingerprint density at radius 1 is 1.12 bits per heavy atom. The number of hydrogen-bond acceptors (Lipinski definition) is 10. The SMILES string of the molecule is CS(=O)(=O)CCNCc1nc(-c2cc3c(cn2)NC=NC3(N)c2cccc(F)c2OCc2cccc(F)c2)cs1. The van der Waals surface area contributed by atoms with Crippen LogP contribution in [-0.2, 0) is 28.7 Å². The van der Waals surface area contributed by atoms with Gasteiger partial charge in [0.05, 0.1) is 35.4 Å². The molecule has 1 aliphatic heterocycles. The van der Waals surface area contributed by atoms with E-state index in [0.29, 0.717) is 41.3 Å². The molecule has 1 aliphatic rings. The number of aliphatic imine (C=N–C) groups is 1. The lowest BCUT2D eigenvalue weighted by Crippen LogP contribution is -2.40. The number of ether oxygens (including phenoxy) is 1. The maximum absolute atomic E-state index is 15.1. The summed E-state index contributed by atoms with van der Waals surface area (Å²) in [6, 6.07) is 12.0. The summed E-state index contributed by atoms with van der Waals surface area (Å²) < 4.78 is 57.2. The fourth-order valence-electron chi connectivity index (χ4n) is 4.21. The molecule has 5 rings (SSSR count). The molecular weight excluding hydrogens is 558 g/mol. The number of para-hydroxylation sites is 1. The summed E-state index contributed by atoms with van der Waals surface area (Å²) in [5, 5.41) is 8.71. The van der Waals surface area contributed by atoms with Gasteiger partial charge in [-0.3, -0.25) is 10.7 Å². The van der Waals surface area contributed by atoms with Crippen LogP contribution in [0.25, 0.3) is 11.4 Å². The molecule has 0 fully saturated rings. The Hall–Kier alpha value is -3.78. The van der Waals surface area contributed by atoms with E-state index in [4.69, 9.17) is 10.5 Å².